The summed E-state index contributed by atoms with van der Waals surface area (Å²) < 4.78 is 0. The molecule has 0 amide bonds. The van der Waals surface area contributed by atoms with Crippen LogP contribution in [0.25, 0.3) is 0 Å². The molecule has 0 radical (unpaired) electrons. The SMILES string of the molecule is CC(C)(CCCC(=O)O)CCCC(C)(C)C(=O)ON1CCCCC1. The summed E-state index contributed by atoms with van der Waals surface area (Å²) in [5, 5.41) is 10.5. The molecule has 0 aromatic rings. The maximum atomic E-state index is 12.4. The van der Waals surface area contributed by atoms with Crippen molar-refractivity contribution in [1.29, 1.82) is 0 Å². The van der Waals surface area contributed by atoms with Gasteiger partial charge in [0.05, 0.1) is 5.41 Å². The first-order valence-electron chi connectivity index (χ1n) is 9.32. The van der Waals surface area contributed by atoms with E-state index in [0.717, 1.165) is 51.6 Å². The van der Waals surface area contributed by atoms with Gasteiger partial charge in [-0.3, -0.25) is 4.79 Å². The zero-order valence-electron chi connectivity index (χ0n) is 15.9. The number of aliphatic carboxylic acids is 1. The van der Waals surface area contributed by atoms with Crippen LogP contribution in [0.5, 0.6) is 0 Å². The first-order chi connectivity index (χ1) is 11.1. The van der Waals surface area contributed by atoms with Crippen molar-refractivity contribution >= 4 is 11.9 Å². The average molecular weight is 341 g/mol. The van der Waals surface area contributed by atoms with Crippen LogP contribution in [0.4, 0.5) is 0 Å². The van der Waals surface area contributed by atoms with E-state index in [9.17, 15) is 9.59 Å². The molecule has 0 unspecified atom stereocenters. The summed E-state index contributed by atoms with van der Waals surface area (Å²) in [5.74, 6) is -0.861. The van der Waals surface area contributed by atoms with E-state index in [1.807, 2.05) is 18.9 Å². The Balaban J connectivity index is 2.32. The van der Waals surface area contributed by atoms with Gasteiger partial charge in [0, 0.05) is 19.5 Å². The molecule has 1 aliphatic rings. The van der Waals surface area contributed by atoms with Crippen molar-refractivity contribution in [2.75, 3.05) is 13.1 Å². The van der Waals surface area contributed by atoms with Crippen LogP contribution in [-0.2, 0) is 14.4 Å². The van der Waals surface area contributed by atoms with E-state index in [2.05, 4.69) is 13.8 Å². The number of carbonyl (C=O) groups excluding carboxylic acids is 1. The lowest BCUT2D eigenvalue weighted by Crippen LogP contribution is -2.37. The lowest BCUT2D eigenvalue weighted by Gasteiger charge is -2.31. The van der Waals surface area contributed by atoms with Crippen LogP contribution >= 0.6 is 0 Å². The summed E-state index contributed by atoms with van der Waals surface area (Å²) in [4.78, 5) is 28.6. The first-order valence-corrected chi connectivity index (χ1v) is 9.32. The monoisotopic (exact) mass is 341 g/mol. The Kier molecular flexibility index (Phi) is 8.20. The van der Waals surface area contributed by atoms with Crippen molar-refractivity contribution in [3.63, 3.8) is 0 Å². The quantitative estimate of drug-likeness (QED) is 0.637. The van der Waals surface area contributed by atoms with Crippen LogP contribution in [0, 0.1) is 10.8 Å². The number of rotatable bonds is 10. The Bertz CT molecular complexity index is 412. The van der Waals surface area contributed by atoms with E-state index < -0.39 is 11.4 Å². The molecule has 1 saturated heterocycles. The molecule has 1 fully saturated rings. The predicted molar refractivity (Wildman–Crippen MR) is 94.4 cm³/mol. The first kappa shape index (κ1) is 20.9. The van der Waals surface area contributed by atoms with E-state index in [0.29, 0.717) is 6.42 Å². The normalized spacial score (nSPS) is 16.8. The number of carbonyl (C=O) groups is 2. The second-order valence-electron chi connectivity index (χ2n) is 8.52. The van der Waals surface area contributed by atoms with Gasteiger partial charge in [0.1, 0.15) is 0 Å². The third-order valence-corrected chi connectivity index (χ3v) is 4.98. The molecule has 0 atom stereocenters. The van der Waals surface area contributed by atoms with Crippen LogP contribution in [0.3, 0.4) is 0 Å². The minimum atomic E-state index is -0.729. The van der Waals surface area contributed by atoms with E-state index in [4.69, 9.17) is 9.94 Å². The number of nitrogens with zero attached hydrogens (tertiary/aromatic N) is 1. The molecule has 0 aromatic heterocycles. The fraction of sp³-hybridized carbons (Fsp3) is 0.895. The fourth-order valence-corrected chi connectivity index (χ4v) is 3.15. The van der Waals surface area contributed by atoms with Crippen LogP contribution in [0.15, 0.2) is 0 Å². The van der Waals surface area contributed by atoms with Gasteiger partial charge in [-0.15, -0.1) is 5.06 Å². The average Bonchev–Trinajstić information content (AvgIpc) is 2.47. The van der Waals surface area contributed by atoms with Crippen molar-refractivity contribution in [3.8, 4) is 0 Å². The molecule has 24 heavy (non-hydrogen) atoms. The maximum Gasteiger partial charge on any atom is 0.330 e. The Morgan fingerprint density at radius 1 is 0.958 bits per heavy atom. The highest BCUT2D eigenvalue weighted by atomic mass is 16.7. The highest BCUT2D eigenvalue weighted by molar-refractivity contribution is 5.75. The molecular weight excluding hydrogens is 306 g/mol. The topological polar surface area (TPSA) is 66.8 Å². The number of piperidine rings is 1. The summed E-state index contributed by atoms with van der Waals surface area (Å²) in [6.07, 6.45) is 7.99. The molecule has 0 bridgehead atoms. The molecule has 140 valence electrons. The van der Waals surface area contributed by atoms with Gasteiger partial charge in [-0.05, 0) is 57.8 Å². The van der Waals surface area contributed by atoms with Crippen molar-refractivity contribution < 1.29 is 19.5 Å². The summed E-state index contributed by atoms with van der Waals surface area (Å²) in [6, 6.07) is 0. The molecule has 1 N–H and O–H groups in total. The second kappa shape index (κ2) is 9.40. The molecule has 1 aliphatic heterocycles. The zero-order chi connectivity index (χ0) is 18.2. The summed E-state index contributed by atoms with van der Waals surface area (Å²) in [7, 11) is 0. The molecule has 5 heteroatoms. The molecule has 5 nitrogen and oxygen atoms in total. The molecule has 1 heterocycles. The van der Waals surface area contributed by atoms with E-state index >= 15 is 0 Å². The predicted octanol–water partition coefficient (Wildman–Crippen LogP) is 4.41. The van der Waals surface area contributed by atoms with Crippen LogP contribution in [0.1, 0.15) is 85.5 Å². The van der Waals surface area contributed by atoms with Gasteiger partial charge in [-0.25, -0.2) is 4.79 Å². The molecule has 1 rings (SSSR count). The van der Waals surface area contributed by atoms with Gasteiger partial charge < -0.3 is 9.94 Å². The lowest BCUT2D eigenvalue weighted by molar-refractivity contribution is -0.205. The Morgan fingerprint density at radius 2 is 1.54 bits per heavy atom. The Labute approximate surface area is 146 Å². The summed E-state index contributed by atoms with van der Waals surface area (Å²) in [6.45, 7) is 9.95. The largest absolute Gasteiger partial charge is 0.481 e. The molecular formula is C19H35NO4. The van der Waals surface area contributed by atoms with Crippen molar-refractivity contribution in [2.24, 2.45) is 10.8 Å². The Morgan fingerprint density at radius 3 is 2.12 bits per heavy atom. The van der Waals surface area contributed by atoms with Crippen molar-refractivity contribution in [2.45, 2.75) is 85.5 Å². The van der Waals surface area contributed by atoms with Gasteiger partial charge in [-0.2, -0.15) is 0 Å². The third kappa shape index (κ3) is 8.13. The number of hydroxylamine groups is 2. The van der Waals surface area contributed by atoms with Gasteiger partial charge in [0.15, 0.2) is 0 Å². The highest BCUT2D eigenvalue weighted by Crippen LogP contribution is 2.33. The second-order valence-corrected chi connectivity index (χ2v) is 8.52. The third-order valence-electron chi connectivity index (χ3n) is 4.98. The Hall–Kier alpha value is -1.10. The number of carboxylic acid groups (broad SMARTS) is 1. The minimum Gasteiger partial charge on any atom is -0.481 e. The van der Waals surface area contributed by atoms with Gasteiger partial charge in [0.25, 0.3) is 0 Å². The number of hydrogen-bond donors (Lipinski definition) is 1. The smallest absolute Gasteiger partial charge is 0.330 e. The van der Waals surface area contributed by atoms with E-state index in [-0.39, 0.29) is 17.8 Å². The molecule has 0 spiro atoms. The fourth-order valence-electron chi connectivity index (χ4n) is 3.15. The van der Waals surface area contributed by atoms with Gasteiger partial charge in [0.2, 0.25) is 0 Å². The molecule has 0 saturated carbocycles. The maximum absolute atomic E-state index is 12.4. The number of carboxylic acids is 1. The summed E-state index contributed by atoms with van der Waals surface area (Å²) >= 11 is 0. The lowest BCUT2D eigenvalue weighted by atomic mass is 9.79. The van der Waals surface area contributed by atoms with Gasteiger partial charge >= 0.3 is 11.9 Å². The highest BCUT2D eigenvalue weighted by Gasteiger charge is 2.32. The summed E-state index contributed by atoms with van der Waals surface area (Å²) in [5.41, 5.74) is -0.364. The zero-order valence-corrected chi connectivity index (χ0v) is 15.9. The molecule has 0 aromatic carbocycles. The van der Waals surface area contributed by atoms with Crippen LogP contribution in [0.2, 0.25) is 0 Å². The van der Waals surface area contributed by atoms with Crippen LogP contribution in [-0.4, -0.2) is 35.2 Å². The standard InChI is InChI=1S/C19H35NO4/c1-18(2,11-8-10-16(21)22)12-9-13-19(3,4)17(23)24-20-14-6-5-7-15-20/h5-15H2,1-4H3,(H,21,22). The van der Waals surface area contributed by atoms with Crippen molar-refractivity contribution in [1.82, 2.24) is 5.06 Å². The number of hydrogen-bond acceptors (Lipinski definition) is 4. The van der Waals surface area contributed by atoms with Crippen LogP contribution < -0.4 is 0 Å². The minimum absolute atomic E-state index is 0.113. The van der Waals surface area contributed by atoms with E-state index in [1.165, 1.54) is 6.42 Å². The van der Waals surface area contributed by atoms with E-state index in [1.54, 1.807) is 0 Å². The molecule has 0 aliphatic carbocycles. The van der Waals surface area contributed by atoms with Crippen molar-refractivity contribution in [3.05, 3.63) is 0 Å². The van der Waals surface area contributed by atoms with Gasteiger partial charge in [-0.1, -0.05) is 26.7 Å².